The summed E-state index contributed by atoms with van der Waals surface area (Å²) in [6.45, 7) is 6.24. The summed E-state index contributed by atoms with van der Waals surface area (Å²) in [6, 6.07) is 9.80. The molecule has 1 aromatic carbocycles. The van der Waals surface area contributed by atoms with Gasteiger partial charge in [0.15, 0.2) is 0 Å². The Morgan fingerprint density at radius 3 is 2.32 bits per heavy atom. The lowest BCUT2D eigenvalue weighted by Crippen LogP contribution is -2.50. The molecule has 0 saturated heterocycles. The van der Waals surface area contributed by atoms with Gasteiger partial charge in [0.05, 0.1) is 5.92 Å². The third-order valence-electron chi connectivity index (χ3n) is 7.31. The van der Waals surface area contributed by atoms with E-state index in [0.29, 0.717) is 17.9 Å². The zero-order valence-electron chi connectivity index (χ0n) is 21.7. The Bertz CT molecular complexity index is 1260. The van der Waals surface area contributed by atoms with E-state index in [-0.39, 0.29) is 25.7 Å². The number of aryl methyl sites for hydroxylation is 3. The van der Waals surface area contributed by atoms with Gasteiger partial charge in [-0.1, -0.05) is 12.1 Å². The first-order chi connectivity index (χ1) is 18.1. The van der Waals surface area contributed by atoms with Gasteiger partial charge in [-0.15, -0.1) is 0 Å². The first kappa shape index (κ1) is 27.3. The van der Waals surface area contributed by atoms with Crippen molar-refractivity contribution in [2.24, 2.45) is 11.8 Å². The van der Waals surface area contributed by atoms with Crippen LogP contribution >= 0.6 is 0 Å². The molecule has 0 radical (unpaired) electrons. The SMILES string of the molecule is CCn1nccc1C(=O)N[C@H](C(=O)Nc1ccc(-c2c(C)ccnc2C)cc1)C1CCC(C(F)(F)F)CC1. The lowest BCUT2D eigenvalue weighted by molar-refractivity contribution is -0.184. The Hall–Kier alpha value is -3.69. The largest absolute Gasteiger partial charge is 0.391 e. The molecule has 2 amide bonds. The van der Waals surface area contributed by atoms with Gasteiger partial charge in [0.1, 0.15) is 11.7 Å². The number of pyridine rings is 1. The molecule has 2 aromatic heterocycles. The van der Waals surface area contributed by atoms with Crippen LogP contribution in [0.2, 0.25) is 0 Å². The highest BCUT2D eigenvalue weighted by atomic mass is 19.4. The molecule has 38 heavy (non-hydrogen) atoms. The number of anilines is 1. The number of aromatic nitrogens is 3. The van der Waals surface area contributed by atoms with Crippen LogP contribution in [0.3, 0.4) is 0 Å². The smallest absolute Gasteiger partial charge is 0.339 e. The highest BCUT2D eigenvalue weighted by Gasteiger charge is 2.44. The fraction of sp³-hybridized carbons (Fsp3) is 0.429. The zero-order valence-corrected chi connectivity index (χ0v) is 21.7. The van der Waals surface area contributed by atoms with Crippen molar-refractivity contribution in [2.75, 3.05) is 5.32 Å². The normalized spacial score (nSPS) is 18.6. The van der Waals surface area contributed by atoms with Crippen LogP contribution in [0.15, 0.2) is 48.8 Å². The van der Waals surface area contributed by atoms with Crippen molar-refractivity contribution in [1.82, 2.24) is 20.1 Å². The number of halogens is 3. The molecule has 1 fully saturated rings. The lowest BCUT2D eigenvalue weighted by atomic mass is 9.78. The topological polar surface area (TPSA) is 88.9 Å². The van der Waals surface area contributed by atoms with Crippen LogP contribution in [-0.4, -0.2) is 38.8 Å². The molecule has 7 nitrogen and oxygen atoms in total. The van der Waals surface area contributed by atoms with Crippen molar-refractivity contribution >= 4 is 17.5 Å². The molecule has 2 N–H and O–H groups in total. The van der Waals surface area contributed by atoms with E-state index in [1.165, 1.54) is 10.9 Å². The van der Waals surface area contributed by atoms with Gasteiger partial charge in [0.25, 0.3) is 5.91 Å². The van der Waals surface area contributed by atoms with E-state index in [2.05, 4.69) is 20.7 Å². The maximum absolute atomic E-state index is 13.4. The third kappa shape index (κ3) is 6.06. The second kappa shape index (κ2) is 11.4. The Labute approximate surface area is 219 Å². The van der Waals surface area contributed by atoms with Crippen LogP contribution in [0, 0.1) is 25.7 Å². The molecule has 202 valence electrons. The monoisotopic (exact) mass is 527 g/mol. The molecule has 1 saturated carbocycles. The summed E-state index contributed by atoms with van der Waals surface area (Å²) < 4.78 is 41.2. The summed E-state index contributed by atoms with van der Waals surface area (Å²) in [4.78, 5) is 30.8. The third-order valence-corrected chi connectivity index (χ3v) is 7.31. The van der Waals surface area contributed by atoms with Crippen molar-refractivity contribution in [3.8, 4) is 11.1 Å². The molecule has 0 aliphatic heterocycles. The average molecular weight is 528 g/mol. The number of benzene rings is 1. The number of carbonyl (C=O) groups excluding carboxylic acids is 2. The van der Waals surface area contributed by atoms with Gasteiger partial charge in [-0.25, -0.2) is 0 Å². The van der Waals surface area contributed by atoms with Gasteiger partial charge >= 0.3 is 6.18 Å². The highest BCUT2D eigenvalue weighted by Crippen LogP contribution is 2.40. The number of nitrogens with one attached hydrogen (secondary N) is 2. The number of nitrogens with zero attached hydrogens (tertiary/aromatic N) is 3. The van der Waals surface area contributed by atoms with Crippen molar-refractivity contribution < 1.29 is 22.8 Å². The molecule has 1 aliphatic carbocycles. The Morgan fingerprint density at radius 1 is 1.03 bits per heavy atom. The standard InChI is InChI=1S/C28H32F3N5O2/c1-4-36-23(14-16-33-36)26(37)35-25(20-5-9-21(10-6-20)28(29,30)31)27(38)34-22-11-7-19(8-12-22)24-17(2)13-15-32-18(24)3/h7-8,11-16,20-21,25H,4-6,9-10H2,1-3H3,(H,34,38)(H,35,37)/t20?,21?,25-/m0/s1. The van der Waals surface area contributed by atoms with E-state index in [1.807, 2.05) is 39.0 Å². The molecular formula is C28H32F3N5O2. The maximum atomic E-state index is 13.4. The fourth-order valence-electron chi connectivity index (χ4n) is 5.24. The van der Waals surface area contributed by atoms with Crippen LogP contribution in [-0.2, 0) is 11.3 Å². The predicted molar refractivity (Wildman–Crippen MR) is 138 cm³/mol. The number of rotatable bonds is 7. The van der Waals surface area contributed by atoms with Gasteiger partial charge < -0.3 is 10.6 Å². The summed E-state index contributed by atoms with van der Waals surface area (Å²) in [5.41, 5.74) is 4.77. The van der Waals surface area contributed by atoms with Crippen LogP contribution in [0.5, 0.6) is 0 Å². The lowest BCUT2D eigenvalue weighted by Gasteiger charge is -2.34. The van der Waals surface area contributed by atoms with Crippen LogP contribution in [0.1, 0.15) is 54.4 Å². The summed E-state index contributed by atoms with van der Waals surface area (Å²) in [6.07, 6.45) is -0.769. The van der Waals surface area contributed by atoms with Crippen molar-refractivity contribution in [3.05, 3.63) is 65.7 Å². The number of carbonyl (C=O) groups is 2. The second-order valence-electron chi connectivity index (χ2n) is 9.79. The molecular weight excluding hydrogens is 495 g/mol. The van der Waals surface area contributed by atoms with E-state index in [0.717, 1.165) is 22.4 Å². The fourth-order valence-corrected chi connectivity index (χ4v) is 5.24. The first-order valence-electron chi connectivity index (χ1n) is 12.8. The summed E-state index contributed by atoms with van der Waals surface area (Å²) >= 11 is 0. The number of amides is 2. The Kier molecular flexibility index (Phi) is 8.18. The van der Waals surface area contributed by atoms with E-state index in [4.69, 9.17) is 0 Å². The minimum absolute atomic E-state index is 0.0702. The molecule has 4 rings (SSSR count). The number of hydrogen-bond acceptors (Lipinski definition) is 4. The molecule has 0 bridgehead atoms. The Balaban J connectivity index is 1.53. The van der Waals surface area contributed by atoms with Gasteiger partial charge in [-0.05, 0) is 87.8 Å². The van der Waals surface area contributed by atoms with Gasteiger partial charge in [0.2, 0.25) is 5.91 Å². The van der Waals surface area contributed by atoms with Crippen LogP contribution in [0.25, 0.3) is 11.1 Å². The summed E-state index contributed by atoms with van der Waals surface area (Å²) in [5.74, 6) is -2.75. The first-order valence-corrected chi connectivity index (χ1v) is 12.8. The van der Waals surface area contributed by atoms with Gasteiger partial charge in [0, 0.05) is 35.9 Å². The van der Waals surface area contributed by atoms with E-state index < -0.39 is 35.9 Å². The van der Waals surface area contributed by atoms with Crippen LogP contribution in [0.4, 0.5) is 18.9 Å². The summed E-state index contributed by atoms with van der Waals surface area (Å²) in [7, 11) is 0. The van der Waals surface area contributed by atoms with E-state index >= 15 is 0 Å². The predicted octanol–water partition coefficient (Wildman–Crippen LogP) is 5.69. The van der Waals surface area contributed by atoms with Gasteiger partial charge in [-0.2, -0.15) is 18.3 Å². The maximum Gasteiger partial charge on any atom is 0.391 e. The molecule has 1 atom stereocenters. The highest BCUT2D eigenvalue weighted by molar-refractivity contribution is 6.00. The minimum atomic E-state index is -4.26. The molecule has 0 unspecified atom stereocenters. The second-order valence-corrected chi connectivity index (χ2v) is 9.79. The quantitative estimate of drug-likeness (QED) is 0.413. The van der Waals surface area contributed by atoms with Crippen molar-refractivity contribution in [2.45, 2.75) is 65.2 Å². The van der Waals surface area contributed by atoms with Gasteiger partial charge in [-0.3, -0.25) is 19.3 Å². The molecule has 3 aromatic rings. The zero-order chi connectivity index (χ0) is 27.4. The Morgan fingerprint density at radius 2 is 1.71 bits per heavy atom. The van der Waals surface area contributed by atoms with Crippen molar-refractivity contribution in [3.63, 3.8) is 0 Å². The molecule has 1 aliphatic rings. The summed E-state index contributed by atoms with van der Waals surface area (Å²) in [5, 5.41) is 9.74. The van der Waals surface area contributed by atoms with Crippen molar-refractivity contribution in [1.29, 1.82) is 0 Å². The molecule has 0 spiro atoms. The number of alkyl halides is 3. The minimum Gasteiger partial charge on any atom is -0.339 e. The number of hydrogen-bond donors (Lipinski definition) is 2. The van der Waals surface area contributed by atoms with E-state index in [9.17, 15) is 22.8 Å². The van der Waals surface area contributed by atoms with E-state index in [1.54, 1.807) is 24.4 Å². The molecule has 2 heterocycles. The van der Waals surface area contributed by atoms with Crippen LogP contribution < -0.4 is 10.6 Å². The molecule has 10 heteroatoms. The average Bonchev–Trinajstić information content (AvgIpc) is 3.37.